The second-order valence-corrected chi connectivity index (χ2v) is 16.2. The van der Waals surface area contributed by atoms with Crippen molar-refractivity contribution in [1.29, 1.82) is 0 Å². The van der Waals surface area contributed by atoms with E-state index in [0.29, 0.717) is 19.4 Å². The molecule has 1 aliphatic heterocycles. The third-order valence-electron chi connectivity index (χ3n) is 11.1. The molecule has 1 rings (SSSR count). The molecule has 0 aromatic rings. The van der Waals surface area contributed by atoms with Gasteiger partial charge in [0.2, 0.25) is 17.7 Å². The number of carboxylic acids is 1. The first kappa shape index (κ1) is 51.7. The fourth-order valence-electron chi connectivity index (χ4n) is 7.55. The molecule has 0 aromatic carbocycles. The molecule has 12 heteroatoms. The van der Waals surface area contributed by atoms with Crippen LogP contribution in [0.25, 0.3) is 0 Å². The topological polar surface area (TPSA) is 186 Å². The van der Waals surface area contributed by atoms with E-state index in [1.54, 1.807) is 4.90 Å². The molecule has 1 saturated heterocycles. The number of amides is 3. The third kappa shape index (κ3) is 25.2. The van der Waals surface area contributed by atoms with Gasteiger partial charge in [-0.05, 0) is 12.8 Å². The normalized spacial score (nSPS) is 19.5. The number of aliphatic hydroxyl groups is 3. The zero-order valence-corrected chi connectivity index (χ0v) is 35.5. The summed E-state index contributed by atoms with van der Waals surface area (Å²) >= 11 is 0. The van der Waals surface area contributed by atoms with Gasteiger partial charge in [0, 0.05) is 19.4 Å². The summed E-state index contributed by atoms with van der Waals surface area (Å²) < 4.78 is 6.07. The summed E-state index contributed by atoms with van der Waals surface area (Å²) in [5.41, 5.74) is 0. The van der Waals surface area contributed by atoms with Gasteiger partial charge in [0.25, 0.3) is 0 Å². The van der Waals surface area contributed by atoms with Crippen molar-refractivity contribution in [1.82, 2.24) is 15.5 Å². The highest BCUT2D eigenvalue weighted by atomic mass is 16.5. The van der Waals surface area contributed by atoms with E-state index in [9.17, 15) is 34.5 Å². The lowest BCUT2D eigenvalue weighted by atomic mass is 9.94. The second-order valence-electron chi connectivity index (χ2n) is 16.2. The zero-order chi connectivity index (χ0) is 41.2. The van der Waals surface area contributed by atoms with Gasteiger partial charge in [0.05, 0.1) is 19.6 Å². The number of unbranched alkanes of at least 4 members (excludes halogenated alkanes) is 25. The minimum atomic E-state index is -1.55. The number of carboxylic acid groups (broad SMARTS) is 1. The SMILES string of the molecule is CCCCCCCCCCCCCCCCCC(=O)N(CCCCCCCCCCCCCC)[C@@H]1O[C@H](CO)[C@@H](O)[C@H](O)[C@H]1NC(=O)CNC(=O)CCC(=O)O. The lowest BCUT2D eigenvalue weighted by Gasteiger charge is -2.47. The van der Waals surface area contributed by atoms with Crippen LogP contribution in [0.4, 0.5) is 0 Å². The Morgan fingerprint density at radius 1 is 0.554 bits per heavy atom. The van der Waals surface area contributed by atoms with Crippen LogP contribution in [0.15, 0.2) is 0 Å². The average Bonchev–Trinajstić information content (AvgIpc) is 3.18. The van der Waals surface area contributed by atoms with Crippen LogP contribution in [0.3, 0.4) is 0 Å². The van der Waals surface area contributed by atoms with E-state index in [1.165, 1.54) is 122 Å². The summed E-state index contributed by atoms with van der Waals surface area (Å²) in [4.78, 5) is 51.2. The predicted molar refractivity (Wildman–Crippen MR) is 222 cm³/mol. The number of hydrogen-bond donors (Lipinski definition) is 6. The first-order chi connectivity index (χ1) is 27.2. The van der Waals surface area contributed by atoms with E-state index in [1.807, 2.05) is 0 Å². The molecule has 1 fully saturated rings. The van der Waals surface area contributed by atoms with E-state index in [0.717, 1.165) is 38.5 Å². The Bertz CT molecular complexity index is 1020. The maximum Gasteiger partial charge on any atom is 0.303 e. The molecular formula is C44H83N3O9. The Balaban J connectivity index is 2.74. The molecule has 12 nitrogen and oxygen atoms in total. The summed E-state index contributed by atoms with van der Waals surface area (Å²) in [6.07, 6.45) is 26.4. The van der Waals surface area contributed by atoms with Crippen LogP contribution in [0.1, 0.15) is 206 Å². The Kier molecular flexibility index (Phi) is 32.1. The number of rotatable bonds is 37. The molecule has 0 spiro atoms. The van der Waals surface area contributed by atoms with Gasteiger partial charge < -0.3 is 40.7 Å². The van der Waals surface area contributed by atoms with Gasteiger partial charge in [-0.25, -0.2) is 0 Å². The van der Waals surface area contributed by atoms with E-state index < -0.39 is 61.5 Å². The molecule has 3 amide bonds. The van der Waals surface area contributed by atoms with E-state index in [2.05, 4.69) is 24.5 Å². The van der Waals surface area contributed by atoms with Crippen LogP contribution in [0.2, 0.25) is 0 Å². The van der Waals surface area contributed by atoms with E-state index >= 15 is 0 Å². The van der Waals surface area contributed by atoms with Crippen molar-refractivity contribution in [2.24, 2.45) is 0 Å². The minimum absolute atomic E-state index is 0.172. The number of carbonyl (C=O) groups is 4. The number of ether oxygens (including phenoxy) is 1. The first-order valence-electron chi connectivity index (χ1n) is 22.9. The van der Waals surface area contributed by atoms with Crippen molar-refractivity contribution < 1.29 is 44.3 Å². The summed E-state index contributed by atoms with van der Waals surface area (Å²) in [6, 6.07) is -1.22. The Morgan fingerprint density at radius 2 is 0.982 bits per heavy atom. The predicted octanol–water partition coefficient (Wildman–Crippen LogP) is 7.68. The van der Waals surface area contributed by atoms with Crippen molar-refractivity contribution in [3.05, 3.63) is 0 Å². The fraction of sp³-hybridized carbons (Fsp3) is 0.909. The van der Waals surface area contributed by atoms with Gasteiger partial charge in [-0.15, -0.1) is 0 Å². The van der Waals surface area contributed by atoms with Gasteiger partial charge in [-0.2, -0.15) is 0 Å². The first-order valence-corrected chi connectivity index (χ1v) is 22.9. The van der Waals surface area contributed by atoms with Gasteiger partial charge in [0.1, 0.15) is 24.4 Å². The lowest BCUT2D eigenvalue weighted by Crippen LogP contribution is -2.69. The lowest BCUT2D eigenvalue weighted by molar-refractivity contribution is -0.231. The standard InChI is InChI=1S/C44H83N3O9/c1-3-5-7-9-11-13-15-17-18-19-20-22-24-26-28-30-39(51)47(33-29-27-25-23-21-16-14-12-10-8-6-4-2)44-41(43(55)42(54)36(35-48)56-44)46-38(50)34-45-37(49)31-32-40(52)53/h36,41-44,48,54-55H,3-35H2,1-2H3,(H,45,49)(H,46,50)(H,52,53)/t36-,41-,42-,43-,44-/m1/s1. The molecule has 0 unspecified atom stereocenters. The molecule has 0 aromatic heterocycles. The molecular weight excluding hydrogens is 714 g/mol. The maximum atomic E-state index is 13.9. The van der Waals surface area contributed by atoms with E-state index in [4.69, 9.17) is 9.84 Å². The highest BCUT2D eigenvalue weighted by Crippen LogP contribution is 2.26. The van der Waals surface area contributed by atoms with E-state index in [-0.39, 0.29) is 25.2 Å². The molecule has 328 valence electrons. The quantitative estimate of drug-likeness (QED) is 0.0343. The smallest absolute Gasteiger partial charge is 0.303 e. The summed E-state index contributed by atoms with van der Waals surface area (Å²) in [7, 11) is 0. The highest BCUT2D eigenvalue weighted by molar-refractivity contribution is 5.86. The van der Waals surface area contributed by atoms with Gasteiger partial charge in [-0.1, -0.05) is 174 Å². The van der Waals surface area contributed by atoms with Crippen LogP contribution in [-0.2, 0) is 23.9 Å². The Hall–Kier alpha value is -2.28. The molecule has 0 bridgehead atoms. The highest BCUT2D eigenvalue weighted by Gasteiger charge is 2.48. The number of aliphatic hydroxyl groups excluding tert-OH is 3. The number of aliphatic carboxylic acids is 1. The number of carbonyl (C=O) groups excluding carboxylic acids is 3. The van der Waals surface area contributed by atoms with Crippen LogP contribution in [0.5, 0.6) is 0 Å². The van der Waals surface area contributed by atoms with Gasteiger partial charge >= 0.3 is 5.97 Å². The van der Waals surface area contributed by atoms with Crippen molar-refractivity contribution in [3.8, 4) is 0 Å². The molecule has 5 atom stereocenters. The fourth-order valence-corrected chi connectivity index (χ4v) is 7.55. The molecule has 1 aliphatic rings. The van der Waals surface area contributed by atoms with Gasteiger partial charge in [-0.3, -0.25) is 19.2 Å². The number of hydrogen-bond acceptors (Lipinski definition) is 8. The van der Waals surface area contributed by atoms with Crippen LogP contribution >= 0.6 is 0 Å². The maximum absolute atomic E-state index is 13.9. The van der Waals surface area contributed by atoms with Crippen LogP contribution in [-0.4, -0.2) is 99.3 Å². The van der Waals surface area contributed by atoms with Crippen molar-refractivity contribution in [3.63, 3.8) is 0 Å². The monoisotopic (exact) mass is 798 g/mol. The Labute approximate surface area is 339 Å². The molecule has 1 heterocycles. The largest absolute Gasteiger partial charge is 0.481 e. The molecule has 0 saturated carbocycles. The molecule has 56 heavy (non-hydrogen) atoms. The molecule has 0 aliphatic carbocycles. The summed E-state index contributed by atoms with van der Waals surface area (Å²) in [5, 5.41) is 45.7. The van der Waals surface area contributed by atoms with Gasteiger partial charge in [0.15, 0.2) is 6.23 Å². The minimum Gasteiger partial charge on any atom is -0.481 e. The molecule has 6 N–H and O–H groups in total. The number of nitrogens with zero attached hydrogens (tertiary/aromatic N) is 1. The average molecular weight is 798 g/mol. The van der Waals surface area contributed by atoms with Crippen molar-refractivity contribution >= 4 is 23.7 Å². The van der Waals surface area contributed by atoms with Crippen molar-refractivity contribution in [2.75, 3.05) is 19.7 Å². The number of nitrogens with one attached hydrogen (secondary N) is 2. The van der Waals surface area contributed by atoms with Crippen molar-refractivity contribution in [2.45, 2.75) is 237 Å². The molecule has 0 radical (unpaired) electrons. The second kappa shape index (κ2) is 34.7. The third-order valence-corrected chi connectivity index (χ3v) is 11.1. The Morgan fingerprint density at radius 3 is 1.41 bits per heavy atom. The summed E-state index contributed by atoms with van der Waals surface area (Å²) in [5.74, 6) is -2.62. The van der Waals surface area contributed by atoms with Crippen LogP contribution < -0.4 is 10.6 Å². The zero-order valence-electron chi connectivity index (χ0n) is 35.5. The summed E-state index contributed by atoms with van der Waals surface area (Å²) in [6.45, 7) is 3.74. The van der Waals surface area contributed by atoms with Crippen LogP contribution in [0, 0.1) is 0 Å².